The van der Waals surface area contributed by atoms with E-state index in [-0.39, 0.29) is 12.1 Å². The van der Waals surface area contributed by atoms with Crippen LogP contribution in [-0.4, -0.2) is 26.1 Å². The lowest BCUT2D eigenvalue weighted by Gasteiger charge is -2.34. The molecule has 5 aromatic carbocycles. The van der Waals surface area contributed by atoms with E-state index in [1.54, 1.807) is 10.4 Å². The van der Waals surface area contributed by atoms with Gasteiger partial charge in [0.1, 0.15) is 8.07 Å². The van der Waals surface area contributed by atoms with Gasteiger partial charge in [0.15, 0.2) is 0 Å². The van der Waals surface area contributed by atoms with Crippen molar-refractivity contribution in [2.45, 2.75) is 55.7 Å². The zero-order valence-corrected chi connectivity index (χ0v) is 29.3. The molecule has 0 aromatic heterocycles. The van der Waals surface area contributed by atoms with Crippen LogP contribution in [0.5, 0.6) is 0 Å². The largest absolute Gasteiger partial charge is 0.300 e. The van der Waals surface area contributed by atoms with E-state index in [9.17, 15) is 0 Å². The molecule has 0 saturated carbocycles. The number of aryl methyl sites for hydroxylation is 3. The van der Waals surface area contributed by atoms with E-state index in [0.29, 0.717) is 0 Å². The summed E-state index contributed by atoms with van der Waals surface area (Å²) < 4.78 is 0. The maximum Gasteiger partial charge on any atom is 0.211 e. The van der Waals surface area contributed by atoms with Crippen molar-refractivity contribution in [1.82, 2.24) is 0 Å². The van der Waals surface area contributed by atoms with Crippen molar-refractivity contribution >= 4 is 53.2 Å². The van der Waals surface area contributed by atoms with Gasteiger partial charge < -0.3 is 4.90 Å². The third-order valence-electron chi connectivity index (χ3n) is 10.5. The average Bonchev–Trinajstić information content (AvgIpc) is 3.60. The van der Waals surface area contributed by atoms with Gasteiger partial charge in [-0.05, 0) is 100 Å². The molecule has 5 heteroatoms. The molecule has 2 unspecified atom stereocenters. The van der Waals surface area contributed by atoms with Crippen LogP contribution in [-0.2, 0) is 0 Å². The van der Waals surface area contributed by atoms with Gasteiger partial charge >= 0.3 is 0 Å². The van der Waals surface area contributed by atoms with Crippen molar-refractivity contribution in [2.75, 3.05) is 9.80 Å². The normalized spacial score (nSPS) is 19.6. The molecule has 230 valence electrons. The molecule has 0 radical (unpaired) electrons. The summed E-state index contributed by atoms with van der Waals surface area (Å²) >= 11 is 1.96. The molecule has 0 bridgehead atoms. The van der Waals surface area contributed by atoms with Crippen molar-refractivity contribution < 1.29 is 0 Å². The summed E-state index contributed by atoms with van der Waals surface area (Å²) in [6.45, 7) is 11.8. The van der Waals surface area contributed by atoms with E-state index in [0.717, 1.165) is 11.6 Å². The van der Waals surface area contributed by atoms with E-state index in [2.05, 4.69) is 165 Å². The molecule has 1 aliphatic carbocycles. The number of para-hydroxylation sites is 2. The molecule has 0 spiro atoms. The van der Waals surface area contributed by atoms with Crippen LogP contribution < -0.4 is 20.2 Å². The van der Waals surface area contributed by atoms with Crippen LogP contribution in [0.4, 0.5) is 17.1 Å². The van der Waals surface area contributed by atoms with Gasteiger partial charge in [0, 0.05) is 15.5 Å². The molecule has 9 rings (SSSR count). The number of nitrogens with zero attached hydrogens (tertiary/aromatic N) is 3. The van der Waals surface area contributed by atoms with Crippen LogP contribution in [0.15, 0.2) is 136 Å². The topological polar surface area (TPSA) is 18.8 Å². The molecule has 3 heterocycles. The first-order valence-corrected chi connectivity index (χ1v) is 20.4. The van der Waals surface area contributed by atoms with Crippen LogP contribution >= 0.6 is 11.8 Å². The van der Waals surface area contributed by atoms with Gasteiger partial charge in [-0.2, -0.15) is 0 Å². The average molecular weight is 644 g/mol. The zero-order valence-electron chi connectivity index (χ0n) is 27.5. The maximum absolute atomic E-state index is 5.20. The van der Waals surface area contributed by atoms with Gasteiger partial charge in [0.05, 0.1) is 23.5 Å². The number of benzene rings is 5. The number of guanidine groups is 1. The van der Waals surface area contributed by atoms with E-state index in [4.69, 9.17) is 4.99 Å². The minimum Gasteiger partial charge on any atom is -0.300 e. The van der Waals surface area contributed by atoms with Gasteiger partial charge in [-0.1, -0.05) is 116 Å². The summed E-state index contributed by atoms with van der Waals surface area (Å²) in [7, 11) is -1.80. The van der Waals surface area contributed by atoms with Gasteiger partial charge in [-0.3, -0.25) is 4.90 Å². The molecular weight excluding hydrogens is 607 g/mol. The highest BCUT2D eigenvalue weighted by Crippen LogP contribution is 2.48. The first-order chi connectivity index (χ1) is 22.8. The maximum atomic E-state index is 5.20. The van der Waals surface area contributed by atoms with E-state index >= 15 is 0 Å². The molecule has 3 nitrogen and oxygen atoms in total. The second kappa shape index (κ2) is 10.5. The molecule has 0 amide bonds. The second-order valence-corrected chi connectivity index (χ2v) is 19.1. The van der Waals surface area contributed by atoms with Crippen LogP contribution in [0, 0.1) is 20.8 Å². The van der Waals surface area contributed by atoms with Crippen LogP contribution in [0.2, 0.25) is 13.1 Å². The summed E-state index contributed by atoms with van der Waals surface area (Å²) in [6.07, 6.45) is 8.75. The lowest BCUT2D eigenvalue weighted by molar-refractivity contribution is 0.741. The molecule has 47 heavy (non-hydrogen) atoms. The monoisotopic (exact) mass is 643 g/mol. The Morgan fingerprint density at radius 2 is 1.32 bits per heavy atom. The predicted molar refractivity (Wildman–Crippen MR) is 203 cm³/mol. The SMILES string of the molecule is Cc1cc(N2C3=NC4C=CC=CC4N3c3ccccc32)ccc1-c1cc(C)c(-c2cccc3c2Sc2ccccc2[Si]3(C)C)cc1C. The third kappa shape index (κ3) is 4.22. The van der Waals surface area contributed by atoms with Crippen LogP contribution in [0.3, 0.4) is 0 Å². The summed E-state index contributed by atoms with van der Waals surface area (Å²) in [5.74, 6) is 1.01. The third-order valence-corrected chi connectivity index (χ3v) is 15.6. The fourth-order valence-electron chi connectivity index (χ4n) is 8.09. The van der Waals surface area contributed by atoms with Crippen molar-refractivity contribution in [3.8, 4) is 22.3 Å². The Labute approximate surface area is 283 Å². The minimum atomic E-state index is -1.80. The quantitative estimate of drug-likeness (QED) is 0.183. The van der Waals surface area contributed by atoms with Gasteiger partial charge in [-0.15, -0.1) is 0 Å². The van der Waals surface area contributed by atoms with Crippen molar-refractivity contribution in [1.29, 1.82) is 0 Å². The first-order valence-electron chi connectivity index (χ1n) is 16.6. The van der Waals surface area contributed by atoms with E-state index in [1.165, 1.54) is 60.1 Å². The van der Waals surface area contributed by atoms with Gasteiger partial charge in [0.25, 0.3) is 0 Å². The number of hydrogen-bond acceptors (Lipinski definition) is 4. The minimum absolute atomic E-state index is 0.146. The Hall–Kier alpha value is -4.58. The Morgan fingerprint density at radius 3 is 2.13 bits per heavy atom. The highest BCUT2D eigenvalue weighted by molar-refractivity contribution is 8.00. The van der Waals surface area contributed by atoms with Crippen molar-refractivity contribution in [3.63, 3.8) is 0 Å². The summed E-state index contributed by atoms with van der Waals surface area (Å²) in [6, 6.07) is 36.8. The highest BCUT2D eigenvalue weighted by Gasteiger charge is 2.44. The van der Waals surface area contributed by atoms with Crippen molar-refractivity contribution in [2.24, 2.45) is 4.99 Å². The second-order valence-electron chi connectivity index (χ2n) is 13.8. The fraction of sp³-hybridized carbons (Fsp3) is 0.167. The molecule has 2 atom stereocenters. The Kier molecular flexibility index (Phi) is 6.37. The number of aliphatic imine (C=N–C) groups is 1. The first kappa shape index (κ1) is 28.6. The number of allylic oxidation sites excluding steroid dienone is 2. The Balaban J connectivity index is 1.09. The van der Waals surface area contributed by atoms with E-state index < -0.39 is 8.07 Å². The Bertz CT molecular complexity index is 2230. The summed E-state index contributed by atoms with van der Waals surface area (Å²) in [5.41, 5.74) is 12.7. The predicted octanol–water partition coefficient (Wildman–Crippen LogP) is 9.42. The number of anilines is 3. The van der Waals surface area contributed by atoms with Gasteiger partial charge in [-0.25, -0.2) is 4.99 Å². The lowest BCUT2D eigenvalue weighted by Crippen LogP contribution is -2.56. The summed E-state index contributed by atoms with van der Waals surface area (Å²) in [4.78, 5) is 12.8. The summed E-state index contributed by atoms with van der Waals surface area (Å²) in [5, 5.41) is 3.10. The number of fused-ring (bicyclic) bond motifs is 7. The highest BCUT2D eigenvalue weighted by atomic mass is 32.2. The molecule has 4 aliphatic rings. The molecular formula is C42H37N3SSi. The standard InChI is InChI=1S/C42H37N3SSi/c1-26-23-29(44-36-16-8-9-17-37(36)45-35-15-7-6-14-34(35)43-42(44)45)21-22-30(26)32-24-28(3)33(25-27(32)2)31-13-12-20-40-41(31)46-38-18-10-11-19-39(38)47(40,4)5/h6-25,34-35H,1-5H3. The lowest BCUT2D eigenvalue weighted by atomic mass is 9.90. The number of hydrogen-bond donors (Lipinski definition) is 0. The molecule has 0 fully saturated rings. The zero-order chi connectivity index (χ0) is 32.0. The smallest absolute Gasteiger partial charge is 0.211 e. The van der Waals surface area contributed by atoms with Gasteiger partial charge in [0.2, 0.25) is 5.96 Å². The molecule has 0 N–H and O–H groups in total. The Morgan fingerprint density at radius 1 is 0.638 bits per heavy atom. The molecule has 5 aromatic rings. The van der Waals surface area contributed by atoms with E-state index in [1.807, 2.05) is 11.8 Å². The van der Waals surface area contributed by atoms with Crippen molar-refractivity contribution in [3.05, 3.63) is 138 Å². The molecule has 0 saturated heterocycles. The number of rotatable bonds is 3. The fourth-order valence-corrected chi connectivity index (χ4v) is 13.7. The molecule has 3 aliphatic heterocycles. The van der Waals surface area contributed by atoms with Crippen LogP contribution in [0.25, 0.3) is 22.3 Å². The van der Waals surface area contributed by atoms with Crippen LogP contribution in [0.1, 0.15) is 16.7 Å².